The van der Waals surface area contributed by atoms with Crippen molar-refractivity contribution in [2.75, 3.05) is 6.54 Å². The Hall–Kier alpha value is -2.78. The number of benzene rings is 1. The van der Waals surface area contributed by atoms with Gasteiger partial charge in [0.15, 0.2) is 5.78 Å². The molecule has 0 aliphatic carbocycles. The Morgan fingerprint density at radius 2 is 2.10 bits per heavy atom. The molecule has 0 saturated carbocycles. The summed E-state index contributed by atoms with van der Waals surface area (Å²) < 4.78 is 40.6. The summed E-state index contributed by atoms with van der Waals surface area (Å²) in [5, 5.41) is 7.07. The fraction of sp³-hybridized carbons (Fsp3) is 0.263. The summed E-state index contributed by atoms with van der Waals surface area (Å²) >= 11 is 5.85. The minimum absolute atomic E-state index is 0.192. The fourth-order valence-corrected chi connectivity index (χ4v) is 3.49. The zero-order valence-electron chi connectivity index (χ0n) is 15.0. The molecule has 3 heterocycles. The fourth-order valence-electron chi connectivity index (χ4n) is 3.15. The van der Waals surface area contributed by atoms with Crippen LogP contribution in [-0.4, -0.2) is 32.1 Å². The van der Waals surface area contributed by atoms with Crippen molar-refractivity contribution < 1.29 is 18.0 Å². The Morgan fingerprint density at radius 1 is 1.28 bits per heavy atom. The number of Topliss-reactive ketones (excluding diaryl/α,β-unsaturated/α-hetero) is 1. The molecule has 1 aromatic carbocycles. The van der Waals surface area contributed by atoms with Gasteiger partial charge in [0, 0.05) is 24.5 Å². The van der Waals surface area contributed by atoms with E-state index in [0.717, 1.165) is 36.4 Å². The largest absolute Gasteiger partial charge is 0.417 e. The van der Waals surface area contributed by atoms with Crippen molar-refractivity contribution in [3.63, 3.8) is 0 Å². The summed E-state index contributed by atoms with van der Waals surface area (Å²) in [6.07, 6.45) is -0.664. The third-order valence-electron chi connectivity index (χ3n) is 4.59. The number of rotatable bonds is 4. The van der Waals surface area contributed by atoms with Gasteiger partial charge in [0.25, 0.3) is 5.95 Å². The molecule has 0 amide bonds. The van der Waals surface area contributed by atoms with E-state index in [4.69, 9.17) is 11.6 Å². The predicted molar refractivity (Wildman–Crippen MR) is 99.1 cm³/mol. The van der Waals surface area contributed by atoms with Crippen LogP contribution in [-0.2, 0) is 25.6 Å². The maximum atomic E-state index is 13.0. The first-order valence-corrected chi connectivity index (χ1v) is 9.20. The van der Waals surface area contributed by atoms with E-state index < -0.39 is 22.5 Å². The standard InChI is InChI=1S/C19H15ClF3N5O/c20-17-13(2-1-3-14(17)19(21,22)23)16(29)8-12-5-7-25-18(26-12)28-10-11-4-6-24-9-15(11)27-28/h1-3,5,7,10,24H,4,6,8-9H2. The van der Waals surface area contributed by atoms with Gasteiger partial charge in [0.2, 0.25) is 0 Å². The number of nitrogens with one attached hydrogen (secondary N) is 1. The zero-order chi connectivity index (χ0) is 20.6. The van der Waals surface area contributed by atoms with Gasteiger partial charge >= 0.3 is 6.18 Å². The summed E-state index contributed by atoms with van der Waals surface area (Å²) in [7, 11) is 0. The first kappa shape index (κ1) is 19.5. The Bertz CT molecular complexity index is 1060. The van der Waals surface area contributed by atoms with Crippen molar-refractivity contribution in [3.8, 4) is 5.95 Å². The molecule has 10 heteroatoms. The molecule has 0 bridgehead atoms. The van der Waals surface area contributed by atoms with Crippen molar-refractivity contribution in [3.05, 3.63) is 69.8 Å². The van der Waals surface area contributed by atoms with Gasteiger partial charge in [-0.1, -0.05) is 17.7 Å². The number of carbonyl (C=O) groups excluding carboxylic acids is 1. The predicted octanol–water partition coefficient (Wildman–Crippen LogP) is 3.41. The lowest BCUT2D eigenvalue weighted by Gasteiger charge is -2.11. The number of fused-ring (bicyclic) bond motifs is 1. The van der Waals surface area contributed by atoms with Crippen LogP contribution in [0.2, 0.25) is 5.02 Å². The molecule has 1 aliphatic rings. The van der Waals surface area contributed by atoms with Crippen molar-refractivity contribution >= 4 is 17.4 Å². The van der Waals surface area contributed by atoms with E-state index >= 15 is 0 Å². The van der Waals surface area contributed by atoms with Crippen LogP contribution in [0.5, 0.6) is 0 Å². The number of alkyl halides is 3. The van der Waals surface area contributed by atoms with Crippen molar-refractivity contribution in [1.82, 2.24) is 25.1 Å². The smallest absolute Gasteiger partial charge is 0.311 e. The Morgan fingerprint density at radius 3 is 2.86 bits per heavy atom. The van der Waals surface area contributed by atoms with Crippen molar-refractivity contribution in [1.29, 1.82) is 0 Å². The Kier molecular flexibility index (Phi) is 5.10. The number of aromatic nitrogens is 4. The average Bonchev–Trinajstić information content (AvgIpc) is 3.11. The van der Waals surface area contributed by atoms with Crippen LogP contribution in [0.15, 0.2) is 36.7 Å². The first-order chi connectivity index (χ1) is 13.8. The van der Waals surface area contributed by atoms with Crippen LogP contribution in [0.3, 0.4) is 0 Å². The molecule has 0 spiro atoms. The summed E-state index contributed by atoms with van der Waals surface area (Å²) in [5.74, 6) is -0.269. The molecule has 0 radical (unpaired) electrons. The van der Waals surface area contributed by atoms with E-state index in [-0.39, 0.29) is 12.0 Å². The molecule has 2 aromatic heterocycles. The molecule has 0 unspecified atom stereocenters. The summed E-state index contributed by atoms with van der Waals surface area (Å²) in [6.45, 7) is 1.53. The maximum Gasteiger partial charge on any atom is 0.417 e. The van der Waals surface area contributed by atoms with Gasteiger partial charge in [-0.15, -0.1) is 0 Å². The highest BCUT2D eigenvalue weighted by molar-refractivity contribution is 6.34. The van der Waals surface area contributed by atoms with Crippen molar-refractivity contribution in [2.24, 2.45) is 0 Å². The normalized spacial score (nSPS) is 13.9. The molecule has 1 N–H and O–H groups in total. The molecule has 3 aromatic rings. The van der Waals surface area contributed by atoms with E-state index in [1.807, 2.05) is 6.20 Å². The van der Waals surface area contributed by atoms with E-state index in [0.29, 0.717) is 18.2 Å². The van der Waals surface area contributed by atoms with E-state index in [2.05, 4.69) is 20.4 Å². The molecule has 0 atom stereocenters. The second-order valence-corrected chi connectivity index (χ2v) is 6.96. The molecular weight excluding hydrogens is 407 g/mol. The quantitative estimate of drug-likeness (QED) is 0.654. The summed E-state index contributed by atoms with van der Waals surface area (Å²) in [4.78, 5) is 21.1. The first-order valence-electron chi connectivity index (χ1n) is 8.82. The molecule has 29 heavy (non-hydrogen) atoms. The highest BCUT2D eigenvalue weighted by Gasteiger charge is 2.34. The van der Waals surface area contributed by atoms with Gasteiger partial charge in [-0.05, 0) is 36.7 Å². The van der Waals surface area contributed by atoms with Crippen LogP contribution in [0.1, 0.15) is 32.9 Å². The average molecular weight is 422 g/mol. The molecule has 6 nitrogen and oxygen atoms in total. The third-order valence-corrected chi connectivity index (χ3v) is 5.00. The van der Waals surface area contributed by atoms with Gasteiger partial charge in [-0.3, -0.25) is 4.79 Å². The minimum atomic E-state index is -4.64. The molecule has 1 aliphatic heterocycles. The Balaban J connectivity index is 1.59. The van der Waals surface area contributed by atoms with Crippen LogP contribution in [0.4, 0.5) is 13.2 Å². The molecule has 0 saturated heterocycles. The highest BCUT2D eigenvalue weighted by Crippen LogP contribution is 2.36. The van der Waals surface area contributed by atoms with Gasteiger partial charge in [-0.25, -0.2) is 14.6 Å². The van der Waals surface area contributed by atoms with Crippen LogP contribution >= 0.6 is 11.6 Å². The molecule has 4 rings (SSSR count). The molecule has 0 fully saturated rings. The monoisotopic (exact) mass is 421 g/mol. The van der Waals surface area contributed by atoms with Crippen LogP contribution in [0.25, 0.3) is 5.95 Å². The number of carbonyl (C=O) groups is 1. The lowest BCUT2D eigenvalue weighted by molar-refractivity contribution is -0.137. The van der Waals surface area contributed by atoms with Gasteiger partial charge in [0.05, 0.1) is 28.4 Å². The van der Waals surface area contributed by atoms with E-state index in [1.54, 1.807) is 4.68 Å². The molecular formula is C19H15ClF3N5O. The number of hydrogen-bond donors (Lipinski definition) is 1. The second-order valence-electron chi connectivity index (χ2n) is 6.59. The van der Waals surface area contributed by atoms with Gasteiger partial charge < -0.3 is 5.32 Å². The minimum Gasteiger partial charge on any atom is -0.311 e. The topological polar surface area (TPSA) is 72.7 Å². The van der Waals surface area contributed by atoms with E-state index in [9.17, 15) is 18.0 Å². The number of halogens is 4. The van der Waals surface area contributed by atoms with Crippen molar-refractivity contribution in [2.45, 2.75) is 25.6 Å². The SMILES string of the molecule is O=C(Cc1ccnc(-n2cc3c(n2)CNCC3)n1)c1cccc(C(F)(F)F)c1Cl. The Labute approximate surface area is 168 Å². The third kappa shape index (κ3) is 4.01. The lowest BCUT2D eigenvalue weighted by atomic mass is 10.0. The van der Waals surface area contributed by atoms with Gasteiger partial charge in [0.1, 0.15) is 0 Å². The highest BCUT2D eigenvalue weighted by atomic mass is 35.5. The van der Waals surface area contributed by atoms with Crippen LogP contribution in [0, 0.1) is 0 Å². The number of hydrogen-bond acceptors (Lipinski definition) is 5. The second kappa shape index (κ2) is 7.57. The number of nitrogens with zero attached hydrogens (tertiary/aromatic N) is 4. The van der Waals surface area contributed by atoms with Gasteiger partial charge in [-0.2, -0.15) is 18.3 Å². The van der Waals surface area contributed by atoms with Crippen LogP contribution < -0.4 is 5.32 Å². The summed E-state index contributed by atoms with van der Waals surface area (Å²) in [5.41, 5.74) is 1.15. The maximum absolute atomic E-state index is 13.0. The lowest BCUT2D eigenvalue weighted by Crippen LogP contribution is -2.22. The number of ketones is 1. The van der Waals surface area contributed by atoms with E-state index in [1.165, 1.54) is 18.3 Å². The summed E-state index contributed by atoms with van der Waals surface area (Å²) in [6, 6.07) is 4.82. The molecule has 150 valence electrons. The zero-order valence-corrected chi connectivity index (χ0v) is 15.8.